The summed E-state index contributed by atoms with van der Waals surface area (Å²) in [5.74, 6) is 0.784. The third-order valence-electron chi connectivity index (χ3n) is 2.58. The van der Waals surface area contributed by atoms with Gasteiger partial charge in [0.25, 0.3) is 0 Å². The molecule has 0 aliphatic carbocycles. The molecule has 0 unspecified atom stereocenters. The van der Waals surface area contributed by atoms with Gasteiger partial charge >= 0.3 is 0 Å². The highest BCUT2D eigenvalue weighted by molar-refractivity contribution is 5.67. The van der Waals surface area contributed by atoms with Crippen molar-refractivity contribution in [2.75, 3.05) is 5.73 Å². The van der Waals surface area contributed by atoms with E-state index in [1.807, 2.05) is 29.8 Å². The van der Waals surface area contributed by atoms with Gasteiger partial charge in [-0.1, -0.05) is 19.1 Å². The third-order valence-corrected chi connectivity index (χ3v) is 2.58. The summed E-state index contributed by atoms with van der Waals surface area (Å²) in [4.78, 5) is 0. The molecule has 2 N–H and O–H groups in total. The number of hydrogen-bond acceptors (Lipinski definition) is 4. The second-order valence-corrected chi connectivity index (χ2v) is 3.75. The van der Waals surface area contributed by atoms with Gasteiger partial charge in [-0.25, -0.2) is 4.68 Å². The van der Waals surface area contributed by atoms with Crippen LogP contribution < -0.4 is 5.73 Å². The molecule has 0 bridgehead atoms. The lowest BCUT2D eigenvalue weighted by Gasteiger charge is -2.07. The highest BCUT2D eigenvalue weighted by atomic mass is 15.5. The molecule has 84 valence electrons. The smallest absolute Gasteiger partial charge is 0.182 e. The summed E-state index contributed by atoms with van der Waals surface area (Å²) in [5.41, 5.74) is 8.66. The van der Waals surface area contributed by atoms with Crippen LogP contribution in [0.15, 0.2) is 18.2 Å². The highest BCUT2D eigenvalue weighted by Gasteiger charge is 2.11. The van der Waals surface area contributed by atoms with Crippen LogP contribution in [0.5, 0.6) is 0 Å². The molecule has 5 nitrogen and oxygen atoms in total. The molecule has 0 amide bonds. The van der Waals surface area contributed by atoms with Crippen LogP contribution in [0.2, 0.25) is 0 Å². The number of anilines is 1. The predicted octanol–water partition coefficient (Wildman–Crippen LogP) is 1.64. The zero-order chi connectivity index (χ0) is 11.5. The second-order valence-electron chi connectivity index (χ2n) is 3.75. The monoisotopic (exact) mass is 217 g/mol. The van der Waals surface area contributed by atoms with E-state index in [9.17, 15) is 0 Å². The fourth-order valence-corrected chi connectivity index (χ4v) is 1.66. The zero-order valence-electron chi connectivity index (χ0n) is 9.51. The van der Waals surface area contributed by atoms with Crippen molar-refractivity contribution < 1.29 is 0 Å². The molecule has 1 heterocycles. The Morgan fingerprint density at radius 2 is 2.19 bits per heavy atom. The predicted molar refractivity (Wildman–Crippen MR) is 62.7 cm³/mol. The molecule has 0 atom stereocenters. The molecule has 1 aromatic heterocycles. The molecule has 0 aliphatic heterocycles. The minimum Gasteiger partial charge on any atom is -0.398 e. The number of nitrogen functional groups attached to an aromatic ring is 1. The topological polar surface area (TPSA) is 69.6 Å². The second kappa shape index (κ2) is 4.30. The molecular weight excluding hydrogens is 202 g/mol. The van der Waals surface area contributed by atoms with Gasteiger partial charge in [0.15, 0.2) is 5.82 Å². The molecule has 16 heavy (non-hydrogen) atoms. The normalized spacial score (nSPS) is 10.6. The zero-order valence-corrected chi connectivity index (χ0v) is 9.51. The van der Waals surface area contributed by atoms with Crippen LogP contribution in [-0.4, -0.2) is 20.2 Å². The number of tetrazole rings is 1. The summed E-state index contributed by atoms with van der Waals surface area (Å²) < 4.78 is 1.81. The van der Waals surface area contributed by atoms with Crippen LogP contribution in [-0.2, 0) is 6.54 Å². The van der Waals surface area contributed by atoms with Crippen molar-refractivity contribution >= 4 is 5.69 Å². The van der Waals surface area contributed by atoms with Crippen molar-refractivity contribution in [3.05, 3.63) is 23.8 Å². The van der Waals surface area contributed by atoms with E-state index in [-0.39, 0.29) is 0 Å². The van der Waals surface area contributed by atoms with Crippen LogP contribution in [0, 0.1) is 6.92 Å². The quantitative estimate of drug-likeness (QED) is 0.793. The Morgan fingerprint density at radius 1 is 1.38 bits per heavy atom. The minimum absolute atomic E-state index is 0.767. The molecular formula is C11H15N5. The van der Waals surface area contributed by atoms with Gasteiger partial charge in [-0.3, -0.25) is 0 Å². The number of nitrogens with zero attached hydrogens (tertiary/aromatic N) is 4. The Hall–Kier alpha value is -1.91. The Morgan fingerprint density at radius 3 is 2.94 bits per heavy atom. The van der Waals surface area contributed by atoms with Crippen LogP contribution in [0.25, 0.3) is 11.4 Å². The molecule has 0 saturated heterocycles. The minimum atomic E-state index is 0.767. The van der Waals surface area contributed by atoms with Gasteiger partial charge in [0.1, 0.15) is 0 Å². The van der Waals surface area contributed by atoms with Gasteiger partial charge in [-0.15, -0.1) is 5.10 Å². The fraction of sp³-hybridized carbons (Fsp3) is 0.364. The van der Waals surface area contributed by atoms with Crippen molar-refractivity contribution in [3.63, 3.8) is 0 Å². The van der Waals surface area contributed by atoms with Crippen molar-refractivity contribution in [3.8, 4) is 11.4 Å². The first-order chi connectivity index (χ1) is 7.74. The summed E-state index contributed by atoms with van der Waals surface area (Å²) in [6.45, 7) is 4.89. The number of rotatable bonds is 3. The molecule has 2 rings (SSSR count). The van der Waals surface area contributed by atoms with Gasteiger partial charge in [-0.2, -0.15) is 0 Å². The number of hydrogen-bond donors (Lipinski definition) is 1. The maximum atomic E-state index is 5.87. The van der Waals surface area contributed by atoms with Gasteiger partial charge in [0.05, 0.1) is 0 Å². The van der Waals surface area contributed by atoms with Gasteiger partial charge < -0.3 is 5.73 Å². The SMILES string of the molecule is CCCn1nnnc1-c1cccc(N)c1C. The molecule has 0 spiro atoms. The third kappa shape index (κ3) is 1.76. The van der Waals surface area contributed by atoms with E-state index in [0.717, 1.165) is 35.6 Å². The number of benzene rings is 1. The molecule has 0 radical (unpaired) electrons. The molecule has 0 fully saturated rings. The van der Waals surface area contributed by atoms with Gasteiger partial charge in [-0.05, 0) is 35.4 Å². The maximum absolute atomic E-state index is 5.87. The van der Waals surface area contributed by atoms with Crippen molar-refractivity contribution in [2.24, 2.45) is 0 Å². The summed E-state index contributed by atoms with van der Waals surface area (Å²) in [6.07, 6.45) is 0.999. The Kier molecular flexibility index (Phi) is 2.85. The summed E-state index contributed by atoms with van der Waals surface area (Å²) in [7, 11) is 0. The largest absolute Gasteiger partial charge is 0.398 e. The van der Waals surface area contributed by atoms with Crippen LogP contribution in [0.3, 0.4) is 0 Å². The van der Waals surface area contributed by atoms with Crippen molar-refractivity contribution in [1.29, 1.82) is 0 Å². The first-order valence-electron chi connectivity index (χ1n) is 5.35. The van der Waals surface area contributed by atoms with E-state index in [1.54, 1.807) is 0 Å². The lowest BCUT2D eigenvalue weighted by Crippen LogP contribution is -2.03. The number of aryl methyl sites for hydroxylation is 1. The van der Waals surface area contributed by atoms with E-state index >= 15 is 0 Å². The Bertz CT molecular complexity index is 489. The van der Waals surface area contributed by atoms with Crippen LogP contribution in [0.4, 0.5) is 5.69 Å². The first kappa shape index (κ1) is 10.6. The van der Waals surface area contributed by atoms with E-state index in [0.29, 0.717) is 0 Å². The lowest BCUT2D eigenvalue weighted by molar-refractivity contribution is 0.583. The van der Waals surface area contributed by atoms with E-state index in [1.165, 1.54) is 0 Å². The summed E-state index contributed by atoms with van der Waals surface area (Å²) in [6, 6.07) is 5.79. The van der Waals surface area contributed by atoms with Gasteiger partial charge in [0.2, 0.25) is 0 Å². The molecule has 5 heteroatoms. The first-order valence-corrected chi connectivity index (χ1v) is 5.35. The van der Waals surface area contributed by atoms with Crippen LogP contribution in [0.1, 0.15) is 18.9 Å². The van der Waals surface area contributed by atoms with E-state index in [4.69, 9.17) is 5.73 Å². The molecule has 0 aliphatic rings. The molecule has 0 saturated carbocycles. The average molecular weight is 217 g/mol. The molecule has 1 aromatic carbocycles. The lowest BCUT2D eigenvalue weighted by atomic mass is 10.1. The Labute approximate surface area is 94.3 Å². The maximum Gasteiger partial charge on any atom is 0.182 e. The summed E-state index contributed by atoms with van der Waals surface area (Å²) >= 11 is 0. The van der Waals surface area contributed by atoms with Crippen LogP contribution >= 0.6 is 0 Å². The van der Waals surface area contributed by atoms with Crippen molar-refractivity contribution in [1.82, 2.24) is 20.2 Å². The molecule has 2 aromatic rings. The van der Waals surface area contributed by atoms with Gasteiger partial charge in [0, 0.05) is 17.8 Å². The highest BCUT2D eigenvalue weighted by Crippen LogP contribution is 2.24. The Balaban J connectivity index is 2.50. The van der Waals surface area contributed by atoms with Crippen molar-refractivity contribution in [2.45, 2.75) is 26.8 Å². The number of aromatic nitrogens is 4. The fourth-order valence-electron chi connectivity index (χ4n) is 1.66. The summed E-state index contributed by atoms with van der Waals surface area (Å²) in [5, 5.41) is 11.7. The standard InChI is InChI=1S/C11H15N5/c1-3-7-16-11(13-14-15-16)9-5-4-6-10(12)8(9)2/h4-6H,3,7,12H2,1-2H3. The van der Waals surface area contributed by atoms with E-state index in [2.05, 4.69) is 22.4 Å². The average Bonchev–Trinajstić information content (AvgIpc) is 2.71. The van der Waals surface area contributed by atoms with E-state index < -0.39 is 0 Å². The number of nitrogens with two attached hydrogens (primary N) is 1.